The van der Waals surface area contributed by atoms with Crippen molar-refractivity contribution in [3.8, 4) is 0 Å². The van der Waals surface area contributed by atoms with Crippen molar-refractivity contribution in [3.05, 3.63) is 36.5 Å². The summed E-state index contributed by atoms with van der Waals surface area (Å²) in [6.07, 6.45) is 4.79. The van der Waals surface area contributed by atoms with Crippen LogP contribution in [0.4, 0.5) is 10.5 Å². The Bertz CT molecular complexity index is 587. The molecule has 1 atom stereocenters. The zero-order valence-corrected chi connectivity index (χ0v) is 12.3. The van der Waals surface area contributed by atoms with Gasteiger partial charge in [0.15, 0.2) is 0 Å². The van der Waals surface area contributed by atoms with Crippen LogP contribution in [0, 0.1) is 0 Å². The second-order valence-electron chi connectivity index (χ2n) is 5.36. The fourth-order valence-electron chi connectivity index (χ4n) is 1.78. The minimum absolute atomic E-state index is 0.0324. The normalized spacial score (nSPS) is 14.0. The number of carbonyl (C=O) groups is 1. The highest BCUT2D eigenvalue weighted by molar-refractivity contribution is 5.88. The van der Waals surface area contributed by atoms with Crippen LogP contribution in [0.5, 0.6) is 0 Å². The van der Waals surface area contributed by atoms with Crippen molar-refractivity contribution in [3.63, 3.8) is 0 Å². The Morgan fingerprint density at radius 3 is 2.90 bits per heavy atom. The number of aromatic nitrogens is 2. The van der Waals surface area contributed by atoms with Crippen molar-refractivity contribution in [1.29, 1.82) is 0 Å². The Hall–Kier alpha value is -2.28. The molecule has 7 heteroatoms. The minimum atomic E-state index is -1.26. The number of hydrogen-bond acceptors (Lipinski definition) is 4. The highest BCUT2D eigenvalue weighted by atomic mass is 16.4. The number of hydrogen-bond donors (Lipinski definition) is 3. The summed E-state index contributed by atoms with van der Waals surface area (Å²) in [5.74, 6) is 0.399. The Balaban J connectivity index is 1.87. The van der Waals surface area contributed by atoms with E-state index in [2.05, 4.69) is 15.7 Å². The summed E-state index contributed by atoms with van der Waals surface area (Å²) in [4.78, 5) is 11.8. The molecule has 2 rings (SSSR count). The quantitative estimate of drug-likeness (QED) is 0.786. The van der Waals surface area contributed by atoms with Gasteiger partial charge in [0.1, 0.15) is 11.4 Å². The van der Waals surface area contributed by atoms with Gasteiger partial charge in [-0.25, -0.2) is 4.79 Å². The maximum atomic E-state index is 11.8. The monoisotopic (exact) mass is 292 g/mol. The predicted molar refractivity (Wildman–Crippen MR) is 77.9 cm³/mol. The number of carbonyl (C=O) groups excluding carboxylic acids is 1. The van der Waals surface area contributed by atoms with Gasteiger partial charge in [-0.05, 0) is 32.9 Å². The van der Waals surface area contributed by atoms with Crippen LogP contribution in [0.25, 0.3) is 0 Å². The van der Waals surface area contributed by atoms with Gasteiger partial charge >= 0.3 is 6.03 Å². The van der Waals surface area contributed by atoms with Crippen LogP contribution in [0.15, 0.2) is 35.2 Å². The van der Waals surface area contributed by atoms with Gasteiger partial charge in [-0.3, -0.25) is 4.68 Å². The van der Waals surface area contributed by atoms with Crippen LogP contribution in [0.2, 0.25) is 0 Å². The lowest BCUT2D eigenvalue weighted by molar-refractivity contribution is 0.0372. The predicted octanol–water partition coefficient (Wildman–Crippen LogP) is 2.09. The molecule has 3 N–H and O–H groups in total. The van der Waals surface area contributed by atoms with Crippen LogP contribution in [-0.2, 0) is 5.60 Å². The molecule has 0 saturated heterocycles. The van der Waals surface area contributed by atoms with E-state index in [0.29, 0.717) is 11.4 Å². The first-order valence-electron chi connectivity index (χ1n) is 6.74. The second kappa shape index (κ2) is 6.01. The van der Waals surface area contributed by atoms with Crippen LogP contribution in [-0.4, -0.2) is 27.5 Å². The van der Waals surface area contributed by atoms with Gasteiger partial charge in [-0.15, -0.1) is 0 Å². The molecule has 0 bridgehead atoms. The molecule has 0 aliphatic carbocycles. The van der Waals surface area contributed by atoms with Crippen molar-refractivity contribution in [2.45, 2.75) is 32.4 Å². The van der Waals surface area contributed by atoms with Gasteiger partial charge in [-0.2, -0.15) is 5.10 Å². The summed E-state index contributed by atoms with van der Waals surface area (Å²) >= 11 is 0. The molecule has 0 aliphatic heterocycles. The zero-order chi connectivity index (χ0) is 15.5. The van der Waals surface area contributed by atoms with E-state index in [1.807, 2.05) is 13.8 Å². The van der Waals surface area contributed by atoms with Gasteiger partial charge in [0, 0.05) is 12.2 Å². The van der Waals surface area contributed by atoms with Gasteiger partial charge in [0.2, 0.25) is 0 Å². The number of aliphatic hydroxyl groups is 1. The molecule has 0 radical (unpaired) electrons. The van der Waals surface area contributed by atoms with Crippen LogP contribution < -0.4 is 10.6 Å². The topological polar surface area (TPSA) is 92.3 Å². The maximum absolute atomic E-state index is 11.8. The van der Waals surface area contributed by atoms with E-state index in [9.17, 15) is 9.90 Å². The second-order valence-corrected chi connectivity index (χ2v) is 5.36. The molecule has 2 heterocycles. The Labute approximate surface area is 123 Å². The molecule has 0 aliphatic rings. The molecule has 0 saturated carbocycles. The lowest BCUT2D eigenvalue weighted by Gasteiger charge is -2.21. The van der Waals surface area contributed by atoms with E-state index in [0.717, 1.165) is 0 Å². The van der Waals surface area contributed by atoms with Crippen LogP contribution >= 0.6 is 0 Å². The molecule has 2 aromatic heterocycles. The smallest absolute Gasteiger partial charge is 0.319 e. The molecule has 21 heavy (non-hydrogen) atoms. The summed E-state index contributed by atoms with van der Waals surface area (Å²) in [6.45, 7) is 5.60. The Morgan fingerprint density at radius 2 is 2.33 bits per heavy atom. The fourth-order valence-corrected chi connectivity index (χ4v) is 1.78. The van der Waals surface area contributed by atoms with E-state index in [-0.39, 0.29) is 12.6 Å². The number of furan rings is 1. The number of nitrogens with one attached hydrogen (secondary N) is 2. The lowest BCUT2D eigenvalue weighted by atomic mass is 10.0. The molecule has 0 fully saturated rings. The average Bonchev–Trinajstić information content (AvgIpc) is 3.07. The number of urea groups is 1. The Kier molecular flexibility index (Phi) is 4.32. The van der Waals surface area contributed by atoms with Crippen molar-refractivity contribution < 1.29 is 14.3 Å². The standard InChI is InChI=1S/C14H20N4O3/c1-10(2)18-8-11(7-16-18)17-13(19)15-9-14(3,20)12-5-4-6-21-12/h4-8,10,20H,9H2,1-3H3,(H2,15,17,19). The van der Waals surface area contributed by atoms with E-state index in [1.165, 1.54) is 6.26 Å². The summed E-state index contributed by atoms with van der Waals surface area (Å²) in [5, 5.41) is 19.6. The first-order chi connectivity index (χ1) is 9.88. The number of nitrogens with zero attached hydrogens (tertiary/aromatic N) is 2. The SMILES string of the molecule is CC(C)n1cc(NC(=O)NCC(C)(O)c2ccco2)cn1. The summed E-state index contributed by atoms with van der Waals surface area (Å²) in [5.41, 5.74) is -0.665. The average molecular weight is 292 g/mol. The van der Waals surface area contributed by atoms with Gasteiger partial charge in [0.25, 0.3) is 0 Å². The minimum Gasteiger partial charge on any atom is -0.466 e. The first kappa shape index (κ1) is 15.1. The molecule has 2 amide bonds. The molecule has 0 spiro atoms. The molecule has 1 unspecified atom stereocenters. The van der Waals surface area contributed by atoms with Crippen molar-refractivity contribution in [2.24, 2.45) is 0 Å². The third-order valence-electron chi connectivity index (χ3n) is 3.03. The first-order valence-corrected chi connectivity index (χ1v) is 6.74. The molecule has 114 valence electrons. The van der Waals surface area contributed by atoms with Crippen LogP contribution in [0.1, 0.15) is 32.6 Å². The van der Waals surface area contributed by atoms with Crippen molar-refractivity contribution in [1.82, 2.24) is 15.1 Å². The molecular weight excluding hydrogens is 272 g/mol. The molecular formula is C14H20N4O3. The van der Waals surface area contributed by atoms with E-state index in [1.54, 1.807) is 36.1 Å². The maximum Gasteiger partial charge on any atom is 0.319 e. The van der Waals surface area contributed by atoms with E-state index >= 15 is 0 Å². The number of amides is 2. The van der Waals surface area contributed by atoms with E-state index in [4.69, 9.17) is 4.42 Å². The summed E-state index contributed by atoms with van der Waals surface area (Å²) in [6, 6.07) is 3.16. The molecule has 7 nitrogen and oxygen atoms in total. The molecule has 0 aromatic carbocycles. The largest absolute Gasteiger partial charge is 0.466 e. The molecule has 2 aromatic rings. The fraction of sp³-hybridized carbons (Fsp3) is 0.429. The van der Waals surface area contributed by atoms with Crippen LogP contribution in [0.3, 0.4) is 0 Å². The Morgan fingerprint density at radius 1 is 1.57 bits per heavy atom. The van der Waals surface area contributed by atoms with Gasteiger partial charge in [0.05, 0.1) is 24.7 Å². The van der Waals surface area contributed by atoms with Gasteiger partial charge in [-0.1, -0.05) is 0 Å². The lowest BCUT2D eigenvalue weighted by Crippen LogP contribution is -2.40. The van der Waals surface area contributed by atoms with Crippen molar-refractivity contribution >= 4 is 11.7 Å². The van der Waals surface area contributed by atoms with Crippen molar-refractivity contribution in [2.75, 3.05) is 11.9 Å². The third-order valence-corrected chi connectivity index (χ3v) is 3.03. The highest BCUT2D eigenvalue weighted by Gasteiger charge is 2.26. The number of rotatable bonds is 5. The number of anilines is 1. The third kappa shape index (κ3) is 3.85. The highest BCUT2D eigenvalue weighted by Crippen LogP contribution is 2.19. The zero-order valence-electron chi connectivity index (χ0n) is 12.3. The van der Waals surface area contributed by atoms with E-state index < -0.39 is 11.6 Å². The summed E-state index contributed by atoms with van der Waals surface area (Å²) in [7, 11) is 0. The van der Waals surface area contributed by atoms with Gasteiger partial charge < -0.3 is 20.2 Å². The summed E-state index contributed by atoms with van der Waals surface area (Å²) < 4.78 is 6.89.